The van der Waals surface area contributed by atoms with Gasteiger partial charge in [-0.15, -0.1) is 0 Å². The quantitative estimate of drug-likeness (QED) is 0.348. The molecule has 4 aromatic rings. The molecule has 0 amide bonds. The van der Waals surface area contributed by atoms with Crippen molar-refractivity contribution in [1.82, 2.24) is 4.90 Å². The third-order valence-corrected chi connectivity index (χ3v) is 7.18. The average molecular weight is 417 g/mol. The molecule has 0 fully saturated rings. The van der Waals surface area contributed by atoms with Gasteiger partial charge in [-0.3, -0.25) is 0 Å². The topological polar surface area (TPSA) is 29.3 Å². The Morgan fingerprint density at radius 3 is 2.00 bits per heavy atom. The molecule has 2 N–H and O–H groups in total. The lowest BCUT2D eigenvalue weighted by Crippen LogP contribution is -2.16. The van der Waals surface area contributed by atoms with Crippen molar-refractivity contribution in [3.8, 4) is 33.4 Å². The van der Waals surface area contributed by atoms with E-state index in [0.29, 0.717) is 0 Å². The minimum Gasteiger partial charge on any atom is -0.398 e. The van der Waals surface area contributed by atoms with E-state index in [1.165, 1.54) is 61.2 Å². The molecule has 2 heteroatoms. The predicted molar refractivity (Wildman–Crippen MR) is 135 cm³/mol. The van der Waals surface area contributed by atoms with E-state index in [9.17, 15) is 0 Å². The van der Waals surface area contributed by atoms with Crippen LogP contribution in [0.2, 0.25) is 0 Å². The number of likely N-dealkylation sites (N-methyl/N-ethyl adjacent to an activating group) is 1. The van der Waals surface area contributed by atoms with Crippen molar-refractivity contribution in [3.05, 3.63) is 101 Å². The molecule has 0 unspecified atom stereocenters. The summed E-state index contributed by atoms with van der Waals surface area (Å²) in [4.78, 5) is 2.26. The first kappa shape index (κ1) is 19.3. The van der Waals surface area contributed by atoms with E-state index in [4.69, 9.17) is 5.73 Å². The van der Waals surface area contributed by atoms with Gasteiger partial charge in [-0.2, -0.15) is 0 Å². The summed E-state index contributed by atoms with van der Waals surface area (Å²) in [5, 5.41) is 0. The highest BCUT2D eigenvalue weighted by molar-refractivity contribution is 5.95. The van der Waals surface area contributed by atoms with Crippen LogP contribution in [0.3, 0.4) is 0 Å². The second-order valence-electron chi connectivity index (χ2n) is 9.40. The molecule has 0 saturated heterocycles. The van der Waals surface area contributed by atoms with Crippen molar-refractivity contribution in [3.63, 3.8) is 0 Å². The predicted octanol–water partition coefficient (Wildman–Crippen LogP) is 6.18. The highest BCUT2D eigenvalue weighted by Crippen LogP contribution is 2.48. The van der Waals surface area contributed by atoms with E-state index in [1.54, 1.807) is 0 Å². The van der Waals surface area contributed by atoms with E-state index in [0.717, 1.165) is 31.5 Å². The molecule has 0 bridgehead atoms. The van der Waals surface area contributed by atoms with Crippen LogP contribution >= 0.6 is 0 Å². The van der Waals surface area contributed by atoms with Gasteiger partial charge in [0.05, 0.1) is 0 Å². The molecule has 158 valence electrons. The summed E-state index contributed by atoms with van der Waals surface area (Å²) in [6.45, 7) is 1.00. The number of fused-ring (bicyclic) bond motifs is 6. The molecule has 6 rings (SSSR count). The maximum absolute atomic E-state index is 7.04. The van der Waals surface area contributed by atoms with Crippen molar-refractivity contribution in [2.24, 2.45) is 0 Å². The van der Waals surface area contributed by atoms with Gasteiger partial charge in [0.15, 0.2) is 0 Å². The van der Waals surface area contributed by atoms with Crippen LogP contribution in [0, 0.1) is 0 Å². The standard InChI is InChI=1S/C30H28N2/c1-32(2)15-14-21-18-26-23-11-6-4-9-20(23)17-28(26)30(31)29(21)25-13-7-12-24-22-10-5-3-8-19(22)16-27(24)25/h3-13,18H,14-17,31H2,1-2H3. The lowest BCUT2D eigenvalue weighted by Gasteiger charge is -2.21. The van der Waals surface area contributed by atoms with Gasteiger partial charge < -0.3 is 10.6 Å². The van der Waals surface area contributed by atoms with E-state index in [-0.39, 0.29) is 0 Å². The van der Waals surface area contributed by atoms with Crippen LogP contribution in [0.4, 0.5) is 5.69 Å². The monoisotopic (exact) mass is 416 g/mol. The molecule has 0 heterocycles. The summed E-state index contributed by atoms with van der Waals surface area (Å²) >= 11 is 0. The first-order valence-electron chi connectivity index (χ1n) is 11.5. The van der Waals surface area contributed by atoms with Crippen LogP contribution in [0.25, 0.3) is 33.4 Å². The van der Waals surface area contributed by atoms with Crippen LogP contribution < -0.4 is 5.73 Å². The lowest BCUT2D eigenvalue weighted by molar-refractivity contribution is 0.414. The fourth-order valence-electron chi connectivity index (χ4n) is 5.61. The molecule has 0 radical (unpaired) electrons. The van der Waals surface area contributed by atoms with Gasteiger partial charge in [-0.1, -0.05) is 72.8 Å². The number of nitrogens with two attached hydrogens (primary N) is 1. The second kappa shape index (κ2) is 7.36. The maximum atomic E-state index is 7.04. The van der Waals surface area contributed by atoms with Crippen LogP contribution in [0.1, 0.15) is 27.8 Å². The van der Waals surface area contributed by atoms with Crippen LogP contribution in [0.5, 0.6) is 0 Å². The third kappa shape index (κ3) is 2.91. The highest BCUT2D eigenvalue weighted by Gasteiger charge is 2.28. The Morgan fingerprint density at radius 1 is 0.688 bits per heavy atom. The smallest absolute Gasteiger partial charge is 0.0438 e. The van der Waals surface area contributed by atoms with E-state index in [2.05, 4.69) is 91.8 Å². The summed E-state index contributed by atoms with van der Waals surface area (Å²) in [6, 6.07) is 26.7. The fourth-order valence-corrected chi connectivity index (χ4v) is 5.61. The molecule has 0 aromatic heterocycles. The van der Waals surface area contributed by atoms with Gasteiger partial charge >= 0.3 is 0 Å². The molecule has 0 atom stereocenters. The third-order valence-electron chi connectivity index (χ3n) is 7.18. The molecular weight excluding hydrogens is 388 g/mol. The average Bonchev–Trinajstić information content (AvgIpc) is 3.37. The SMILES string of the molecule is CN(C)CCc1cc2c(c(N)c1-c1cccc3c1Cc1ccccc1-3)Cc1ccccc1-2. The maximum Gasteiger partial charge on any atom is 0.0438 e. The zero-order valence-corrected chi connectivity index (χ0v) is 18.8. The zero-order valence-electron chi connectivity index (χ0n) is 18.8. The molecule has 0 saturated carbocycles. The summed E-state index contributed by atoms with van der Waals surface area (Å²) in [5.41, 5.74) is 22.8. The summed E-state index contributed by atoms with van der Waals surface area (Å²) in [7, 11) is 4.28. The van der Waals surface area contributed by atoms with Crippen LogP contribution in [-0.2, 0) is 19.3 Å². The summed E-state index contributed by atoms with van der Waals surface area (Å²) in [6.07, 6.45) is 2.89. The van der Waals surface area contributed by atoms with Crippen molar-refractivity contribution in [2.75, 3.05) is 26.4 Å². The van der Waals surface area contributed by atoms with Crippen molar-refractivity contribution in [2.45, 2.75) is 19.3 Å². The number of hydrogen-bond acceptors (Lipinski definition) is 2. The van der Waals surface area contributed by atoms with Gasteiger partial charge in [-0.05, 0) is 82.6 Å². The van der Waals surface area contributed by atoms with Gasteiger partial charge in [-0.25, -0.2) is 0 Å². The van der Waals surface area contributed by atoms with E-state index < -0.39 is 0 Å². The lowest BCUT2D eigenvalue weighted by atomic mass is 9.86. The molecule has 32 heavy (non-hydrogen) atoms. The molecule has 2 nitrogen and oxygen atoms in total. The highest BCUT2D eigenvalue weighted by atomic mass is 15.0. The second-order valence-corrected chi connectivity index (χ2v) is 9.40. The largest absolute Gasteiger partial charge is 0.398 e. The van der Waals surface area contributed by atoms with Crippen LogP contribution in [-0.4, -0.2) is 25.5 Å². The number of nitrogens with zero attached hydrogens (tertiary/aromatic N) is 1. The van der Waals surface area contributed by atoms with Crippen molar-refractivity contribution >= 4 is 5.69 Å². The Morgan fingerprint density at radius 2 is 1.28 bits per heavy atom. The fraction of sp³-hybridized carbons (Fsp3) is 0.200. The van der Waals surface area contributed by atoms with E-state index >= 15 is 0 Å². The normalized spacial score (nSPS) is 13.1. The number of nitrogen functional groups attached to an aromatic ring is 1. The van der Waals surface area contributed by atoms with Gasteiger partial charge in [0, 0.05) is 24.2 Å². The van der Waals surface area contributed by atoms with Gasteiger partial charge in [0.25, 0.3) is 0 Å². The molecule has 2 aliphatic rings. The molecular formula is C30H28N2. The Bertz CT molecular complexity index is 1360. The van der Waals surface area contributed by atoms with Crippen molar-refractivity contribution in [1.29, 1.82) is 0 Å². The van der Waals surface area contributed by atoms with Gasteiger partial charge in [0.1, 0.15) is 0 Å². The van der Waals surface area contributed by atoms with Gasteiger partial charge in [0.2, 0.25) is 0 Å². The summed E-state index contributed by atoms with van der Waals surface area (Å²) in [5.74, 6) is 0. The first-order valence-corrected chi connectivity index (χ1v) is 11.5. The molecule has 4 aromatic carbocycles. The number of hydrogen-bond donors (Lipinski definition) is 1. The first-order chi connectivity index (χ1) is 15.6. The Kier molecular flexibility index (Phi) is 4.44. The summed E-state index contributed by atoms with van der Waals surface area (Å²) < 4.78 is 0. The minimum absolute atomic E-state index is 0.924. The Balaban J connectivity index is 1.57. The molecule has 0 aliphatic heterocycles. The Hall–Kier alpha value is -3.36. The molecule has 2 aliphatic carbocycles. The van der Waals surface area contributed by atoms with Crippen LogP contribution in [0.15, 0.2) is 72.8 Å². The zero-order chi connectivity index (χ0) is 21.8. The number of anilines is 1. The minimum atomic E-state index is 0.924. The number of rotatable bonds is 4. The Labute approximate surface area is 190 Å². The number of benzene rings is 4. The van der Waals surface area contributed by atoms with Crippen molar-refractivity contribution < 1.29 is 0 Å². The molecule has 0 spiro atoms. The van der Waals surface area contributed by atoms with E-state index in [1.807, 2.05) is 0 Å².